The van der Waals surface area contributed by atoms with E-state index in [1.165, 1.54) is 47.6 Å². The average molecular weight is 298 g/mol. The lowest BCUT2D eigenvalue weighted by molar-refractivity contribution is 0.685. The molecule has 120 valence electrons. The van der Waals surface area contributed by atoms with Crippen LogP contribution >= 0.6 is 0 Å². The van der Waals surface area contributed by atoms with Crippen molar-refractivity contribution in [2.24, 2.45) is 11.5 Å². The zero-order chi connectivity index (χ0) is 15.6. The molecule has 0 saturated carbocycles. The molecule has 0 aliphatic carbocycles. The van der Waals surface area contributed by atoms with Crippen LogP contribution in [0.5, 0.6) is 0 Å². The van der Waals surface area contributed by atoms with Crippen molar-refractivity contribution in [1.29, 1.82) is 0 Å². The Balaban J connectivity index is 2.08. The maximum atomic E-state index is 5.58. The minimum Gasteiger partial charge on any atom is -0.330 e. The molecule has 0 fully saturated rings. The third kappa shape index (κ3) is 4.82. The fourth-order valence-corrected chi connectivity index (χ4v) is 3.13. The summed E-state index contributed by atoms with van der Waals surface area (Å²) in [4.78, 5) is 0. The van der Waals surface area contributed by atoms with Crippen LogP contribution in [0.1, 0.15) is 49.7 Å². The summed E-state index contributed by atoms with van der Waals surface area (Å²) in [6, 6.07) is 13.5. The Kier molecular flexibility index (Phi) is 7.41. The molecule has 0 aliphatic heterocycles. The van der Waals surface area contributed by atoms with Crippen LogP contribution in [0.2, 0.25) is 0 Å². The van der Waals surface area contributed by atoms with Crippen molar-refractivity contribution < 1.29 is 0 Å². The normalized spacial score (nSPS) is 11.2. The Bertz CT molecular complexity index is 512. The first-order chi connectivity index (χ1) is 10.9. The van der Waals surface area contributed by atoms with E-state index in [2.05, 4.69) is 36.4 Å². The average Bonchev–Trinajstić information content (AvgIpc) is 2.56. The van der Waals surface area contributed by atoms with Gasteiger partial charge in [0.2, 0.25) is 0 Å². The number of hydrogen-bond donors (Lipinski definition) is 2. The van der Waals surface area contributed by atoms with Gasteiger partial charge in [0.15, 0.2) is 0 Å². The predicted molar refractivity (Wildman–Crippen MR) is 97.2 cm³/mol. The minimum absolute atomic E-state index is 0.808. The van der Waals surface area contributed by atoms with Gasteiger partial charge in [-0.05, 0) is 73.5 Å². The molecule has 2 nitrogen and oxygen atoms in total. The molecule has 0 bridgehead atoms. The summed E-state index contributed by atoms with van der Waals surface area (Å²) in [5.41, 5.74) is 14.1. The highest BCUT2D eigenvalue weighted by molar-refractivity contribution is 5.88. The highest BCUT2D eigenvalue weighted by atomic mass is 14.5. The highest BCUT2D eigenvalue weighted by Gasteiger charge is 2.05. The molecule has 0 radical (unpaired) electrons. The van der Waals surface area contributed by atoms with Crippen LogP contribution in [0.4, 0.5) is 0 Å². The summed E-state index contributed by atoms with van der Waals surface area (Å²) >= 11 is 0. The summed E-state index contributed by atoms with van der Waals surface area (Å²) in [7, 11) is 0. The number of hydrogen-bond acceptors (Lipinski definition) is 2. The number of nitrogens with two attached hydrogens (primary N) is 2. The Morgan fingerprint density at radius 3 is 1.41 bits per heavy atom. The molecule has 0 heterocycles. The number of fused-ring (bicyclic) bond motifs is 1. The lowest BCUT2D eigenvalue weighted by Crippen LogP contribution is -1.99. The van der Waals surface area contributed by atoms with E-state index in [9.17, 15) is 0 Å². The maximum absolute atomic E-state index is 5.58. The van der Waals surface area contributed by atoms with Crippen LogP contribution in [0.25, 0.3) is 10.8 Å². The molecule has 0 spiro atoms. The molecular formula is C20H30N2. The fourth-order valence-electron chi connectivity index (χ4n) is 3.13. The Morgan fingerprint density at radius 1 is 0.545 bits per heavy atom. The van der Waals surface area contributed by atoms with E-state index in [0.29, 0.717) is 0 Å². The number of unbranched alkanes of at least 4 members (excludes halogenated alkanes) is 4. The van der Waals surface area contributed by atoms with Crippen molar-refractivity contribution in [3.8, 4) is 0 Å². The van der Waals surface area contributed by atoms with Crippen molar-refractivity contribution in [2.75, 3.05) is 13.1 Å². The first-order valence-electron chi connectivity index (χ1n) is 8.76. The molecular weight excluding hydrogens is 268 g/mol. The number of benzene rings is 2. The second-order valence-electron chi connectivity index (χ2n) is 6.13. The van der Waals surface area contributed by atoms with E-state index in [1.807, 2.05) is 0 Å². The van der Waals surface area contributed by atoms with Crippen molar-refractivity contribution in [3.05, 3.63) is 47.5 Å². The molecule has 0 atom stereocenters. The van der Waals surface area contributed by atoms with Gasteiger partial charge >= 0.3 is 0 Å². The molecule has 4 N–H and O–H groups in total. The smallest absolute Gasteiger partial charge is 0.00773 e. The lowest BCUT2D eigenvalue weighted by Gasteiger charge is -2.11. The quantitative estimate of drug-likeness (QED) is 0.646. The Labute approximate surface area is 134 Å². The van der Waals surface area contributed by atoms with Gasteiger partial charge in [0.1, 0.15) is 0 Å². The number of rotatable bonds is 10. The number of aryl methyl sites for hydroxylation is 2. The second kappa shape index (κ2) is 9.60. The van der Waals surface area contributed by atoms with E-state index in [4.69, 9.17) is 11.5 Å². The summed E-state index contributed by atoms with van der Waals surface area (Å²) < 4.78 is 0. The predicted octanol–water partition coefficient (Wildman–Crippen LogP) is 4.18. The molecule has 22 heavy (non-hydrogen) atoms. The van der Waals surface area contributed by atoms with Crippen molar-refractivity contribution in [1.82, 2.24) is 0 Å². The van der Waals surface area contributed by atoms with Crippen molar-refractivity contribution >= 4 is 10.8 Å². The molecule has 2 aromatic carbocycles. The van der Waals surface area contributed by atoms with E-state index in [-0.39, 0.29) is 0 Å². The first-order valence-corrected chi connectivity index (χ1v) is 8.76. The van der Waals surface area contributed by atoms with Crippen LogP contribution in [0.15, 0.2) is 36.4 Å². The standard InChI is InChI=1S/C20H30N2/c21-15-7-1-3-9-17-13-14-18(10-4-2-8-16-22)20-12-6-5-11-19(17)20/h5-6,11-14H,1-4,7-10,15-16,21-22H2. The van der Waals surface area contributed by atoms with Crippen LogP contribution in [0, 0.1) is 0 Å². The van der Waals surface area contributed by atoms with Crippen molar-refractivity contribution in [2.45, 2.75) is 51.4 Å². The third-order valence-corrected chi connectivity index (χ3v) is 4.41. The van der Waals surface area contributed by atoms with E-state index in [0.717, 1.165) is 38.8 Å². The largest absolute Gasteiger partial charge is 0.330 e. The molecule has 0 aromatic heterocycles. The molecule has 0 unspecified atom stereocenters. The maximum Gasteiger partial charge on any atom is -0.00773 e. The van der Waals surface area contributed by atoms with Gasteiger partial charge in [0, 0.05) is 0 Å². The van der Waals surface area contributed by atoms with Crippen molar-refractivity contribution in [3.63, 3.8) is 0 Å². The van der Waals surface area contributed by atoms with Gasteiger partial charge in [-0.1, -0.05) is 49.2 Å². The SMILES string of the molecule is NCCCCCc1ccc(CCCCCN)c2ccccc12. The zero-order valence-corrected chi connectivity index (χ0v) is 13.7. The lowest BCUT2D eigenvalue weighted by atomic mass is 9.94. The molecule has 2 aromatic rings. The van der Waals surface area contributed by atoms with E-state index >= 15 is 0 Å². The fraction of sp³-hybridized carbons (Fsp3) is 0.500. The van der Waals surface area contributed by atoms with Crippen LogP contribution < -0.4 is 11.5 Å². The minimum atomic E-state index is 0.808. The van der Waals surface area contributed by atoms with Gasteiger partial charge in [-0.2, -0.15) is 0 Å². The summed E-state index contributed by atoms with van der Waals surface area (Å²) in [6.07, 6.45) is 9.52. The van der Waals surface area contributed by atoms with Crippen LogP contribution in [-0.4, -0.2) is 13.1 Å². The molecule has 2 heteroatoms. The molecule has 0 amide bonds. The van der Waals surface area contributed by atoms with E-state index < -0.39 is 0 Å². The highest BCUT2D eigenvalue weighted by Crippen LogP contribution is 2.25. The van der Waals surface area contributed by atoms with Crippen LogP contribution in [-0.2, 0) is 12.8 Å². The zero-order valence-electron chi connectivity index (χ0n) is 13.7. The monoisotopic (exact) mass is 298 g/mol. The Hall–Kier alpha value is -1.38. The summed E-state index contributed by atoms with van der Waals surface area (Å²) in [5, 5.41) is 2.87. The summed E-state index contributed by atoms with van der Waals surface area (Å²) in [6.45, 7) is 1.62. The van der Waals surface area contributed by atoms with Gasteiger partial charge in [0.25, 0.3) is 0 Å². The van der Waals surface area contributed by atoms with Gasteiger partial charge in [0.05, 0.1) is 0 Å². The summed E-state index contributed by atoms with van der Waals surface area (Å²) in [5.74, 6) is 0. The Morgan fingerprint density at radius 2 is 1.00 bits per heavy atom. The van der Waals surface area contributed by atoms with Gasteiger partial charge in [-0.3, -0.25) is 0 Å². The van der Waals surface area contributed by atoms with E-state index in [1.54, 1.807) is 0 Å². The third-order valence-electron chi connectivity index (χ3n) is 4.41. The second-order valence-corrected chi connectivity index (χ2v) is 6.13. The van der Waals surface area contributed by atoms with Gasteiger partial charge in [-0.25, -0.2) is 0 Å². The van der Waals surface area contributed by atoms with Crippen LogP contribution in [0.3, 0.4) is 0 Å². The first kappa shape index (κ1) is 17.0. The van der Waals surface area contributed by atoms with Gasteiger partial charge in [-0.15, -0.1) is 0 Å². The van der Waals surface area contributed by atoms with Gasteiger partial charge < -0.3 is 11.5 Å². The topological polar surface area (TPSA) is 52.0 Å². The molecule has 0 aliphatic rings. The molecule has 0 saturated heterocycles. The molecule has 2 rings (SSSR count).